The predicted molar refractivity (Wildman–Crippen MR) is 114 cm³/mol. The molecule has 6 nitrogen and oxygen atoms in total. The summed E-state index contributed by atoms with van der Waals surface area (Å²) in [5, 5.41) is 8.78. The highest BCUT2D eigenvalue weighted by molar-refractivity contribution is 7.98. The number of thioether (sulfide) groups is 1. The second kappa shape index (κ2) is 8.75. The van der Waals surface area contributed by atoms with Crippen molar-refractivity contribution in [2.24, 2.45) is 0 Å². The van der Waals surface area contributed by atoms with E-state index >= 15 is 0 Å². The Labute approximate surface area is 173 Å². The third kappa shape index (κ3) is 4.72. The van der Waals surface area contributed by atoms with E-state index in [9.17, 15) is 4.79 Å². The molecule has 1 aromatic carbocycles. The van der Waals surface area contributed by atoms with Crippen LogP contribution in [0.3, 0.4) is 0 Å². The molecule has 0 saturated heterocycles. The van der Waals surface area contributed by atoms with Gasteiger partial charge in [0.15, 0.2) is 5.16 Å². The standard InChI is InChI=1S/C20H22ClN5OS/c1-12-10-18(26(25-12)16-7-5-6-15(21)11-16)24-19(27)9-8-17-13(2)22-20(28-4)23-14(17)3/h5-7,10-11H,8-9H2,1-4H3,(H,24,27). The van der Waals surface area contributed by atoms with Crippen LogP contribution in [0.1, 0.15) is 29.1 Å². The lowest BCUT2D eigenvalue weighted by atomic mass is 10.1. The van der Waals surface area contributed by atoms with Gasteiger partial charge in [-0.1, -0.05) is 29.4 Å². The van der Waals surface area contributed by atoms with Gasteiger partial charge in [-0.05, 0) is 57.2 Å². The first-order valence-corrected chi connectivity index (χ1v) is 10.5. The highest BCUT2D eigenvalue weighted by Gasteiger charge is 2.14. The van der Waals surface area contributed by atoms with Crippen LogP contribution in [0.25, 0.3) is 5.69 Å². The molecule has 0 saturated carbocycles. The monoisotopic (exact) mass is 415 g/mol. The number of halogens is 1. The molecule has 0 aliphatic rings. The Kier molecular flexibility index (Phi) is 6.36. The second-order valence-electron chi connectivity index (χ2n) is 6.47. The van der Waals surface area contributed by atoms with Crippen molar-refractivity contribution in [2.45, 2.75) is 38.8 Å². The Morgan fingerprint density at radius 2 is 1.89 bits per heavy atom. The Bertz CT molecular complexity index is 995. The molecule has 0 fully saturated rings. The fourth-order valence-corrected chi connectivity index (χ4v) is 3.64. The number of rotatable bonds is 6. The molecule has 3 rings (SSSR count). The summed E-state index contributed by atoms with van der Waals surface area (Å²) < 4.78 is 1.69. The third-order valence-corrected chi connectivity index (χ3v) is 5.12. The van der Waals surface area contributed by atoms with Gasteiger partial charge in [0.1, 0.15) is 5.82 Å². The molecule has 1 amide bonds. The number of amides is 1. The summed E-state index contributed by atoms with van der Waals surface area (Å²) in [5.74, 6) is 0.531. The van der Waals surface area contributed by atoms with Gasteiger partial charge in [0.25, 0.3) is 0 Å². The second-order valence-corrected chi connectivity index (χ2v) is 7.68. The van der Waals surface area contributed by atoms with Crippen molar-refractivity contribution in [3.05, 3.63) is 58.0 Å². The number of benzene rings is 1. The number of aromatic nitrogens is 4. The fraction of sp³-hybridized carbons (Fsp3) is 0.300. The van der Waals surface area contributed by atoms with E-state index in [0.29, 0.717) is 23.7 Å². The van der Waals surface area contributed by atoms with Crippen LogP contribution in [0.5, 0.6) is 0 Å². The fourth-order valence-electron chi connectivity index (χ4n) is 3.00. The number of anilines is 1. The Balaban J connectivity index is 1.73. The molecule has 3 aromatic rings. The van der Waals surface area contributed by atoms with Gasteiger partial charge < -0.3 is 5.32 Å². The first-order valence-electron chi connectivity index (χ1n) is 8.88. The van der Waals surface area contributed by atoms with E-state index < -0.39 is 0 Å². The summed E-state index contributed by atoms with van der Waals surface area (Å²) >= 11 is 7.60. The zero-order valence-electron chi connectivity index (χ0n) is 16.3. The van der Waals surface area contributed by atoms with Crippen LogP contribution in [0, 0.1) is 20.8 Å². The molecule has 2 aromatic heterocycles. The van der Waals surface area contributed by atoms with Crippen LogP contribution in [0.4, 0.5) is 5.82 Å². The SMILES string of the molecule is CSc1nc(C)c(CCC(=O)Nc2cc(C)nn2-c2cccc(Cl)c2)c(C)n1. The Morgan fingerprint density at radius 3 is 2.54 bits per heavy atom. The van der Waals surface area contributed by atoms with E-state index in [-0.39, 0.29) is 5.91 Å². The van der Waals surface area contributed by atoms with Crippen LogP contribution >= 0.6 is 23.4 Å². The predicted octanol–water partition coefficient (Wildman–Crippen LogP) is 4.53. The van der Waals surface area contributed by atoms with Gasteiger partial charge in [-0.3, -0.25) is 4.79 Å². The maximum absolute atomic E-state index is 12.6. The topological polar surface area (TPSA) is 72.7 Å². The van der Waals surface area contributed by atoms with Crippen LogP contribution in [0.15, 0.2) is 35.5 Å². The maximum Gasteiger partial charge on any atom is 0.225 e. The average Bonchev–Trinajstić information content (AvgIpc) is 3.01. The van der Waals surface area contributed by atoms with Gasteiger partial charge >= 0.3 is 0 Å². The zero-order valence-corrected chi connectivity index (χ0v) is 17.9. The number of aryl methyl sites for hydroxylation is 3. The highest BCUT2D eigenvalue weighted by Crippen LogP contribution is 2.21. The Morgan fingerprint density at radius 1 is 1.18 bits per heavy atom. The molecule has 0 radical (unpaired) electrons. The molecule has 28 heavy (non-hydrogen) atoms. The van der Waals surface area contributed by atoms with Crippen molar-refractivity contribution in [1.29, 1.82) is 0 Å². The quantitative estimate of drug-likeness (QED) is 0.472. The minimum absolute atomic E-state index is 0.0871. The molecule has 8 heteroatoms. The van der Waals surface area contributed by atoms with E-state index in [1.54, 1.807) is 16.8 Å². The summed E-state index contributed by atoms with van der Waals surface area (Å²) in [4.78, 5) is 21.5. The lowest BCUT2D eigenvalue weighted by molar-refractivity contribution is -0.116. The number of hydrogen-bond donors (Lipinski definition) is 1. The smallest absolute Gasteiger partial charge is 0.225 e. The van der Waals surface area contributed by atoms with Crippen LogP contribution < -0.4 is 5.32 Å². The van der Waals surface area contributed by atoms with Gasteiger partial charge in [-0.2, -0.15) is 5.10 Å². The molecular weight excluding hydrogens is 394 g/mol. The zero-order chi connectivity index (χ0) is 20.3. The van der Waals surface area contributed by atoms with Gasteiger partial charge in [-0.15, -0.1) is 0 Å². The first-order chi connectivity index (χ1) is 13.4. The lowest BCUT2D eigenvalue weighted by Crippen LogP contribution is -2.16. The molecule has 0 atom stereocenters. The molecule has 0 aliphatic heterocycles. The van der Waals surface area contributed by atoms with E-state index in [4.69, 9.17) is 11.6 Å². The van der Waals surface area contributed by atoms with Crippen molar-refractivity contribution < 1.29 is 4.79 Å². The summed E-state index contributed by atoms with van der Waals surface area (Å²) in [5.41, 5.74) is 4.47. The molecular formula is C20H22ClN5OS. The number of nitrogens with zero attached hydrogens (tertiary/aromatic N) is 4. The summed E-state index contributed by atoms with van der Waals surface area (Å²) in [6.45, 7) is 5.80. The van der Waals surface area contributed by atoms with E-state index in [0.717, 1.165) is 33.5 Å². The van der Waals surface area contributed by atoms with Gasteiger partial charge in [0.2, 0.25) is 5.91 Å². The number of nitrogens with one attached hydrogen (secondary N) is 1. The van der Waals surface area contributed by atoms with Crippen LogP contribution in [-0.2, 0) is 11.2 Å². The molecule has 0 spiro atoms. The first kappa shape index (κ1) is 20.4. The molecule has 2 heterocycles. The van der Waals surface area contributed by atoms with Crippen molar-refractivity contribution in [3.8, 4) is 5.69 Å². The van der Waals surface area contributed by atoms with Crippen molar-refractivity contribution in [1.82, 2.24) is 19.7 Å². The van der Waals surface area contributed by atoms with E-state index in [1.165, 1.54) is 11.8 Å². The van der Waals surface area contributed by atoms with Gasteiger partial charge in [0.05, 0.1) is 11.4 Å². The number of carbonyl (C=O) groups excluding carboxylic acids is 1. The molecule has 0 bridgehead atoms. The minimum Gasteiger partial charge on any atom is -0.311 e. The van der Waals surface area contributed by atoms with Crippen LogP contribution in [0.2, 0.25) is 5.02 Å². The Hall–Kier alpha value is -2.38. The molecule has 0 aliphatic carbocycles. The number of carbonyl (C=O) groups is 1. The summed E-state index contributed by atoms with van der Waals surface area (Å²) in [7, 11) is 0. The highest BCUT2D eigenvalue weighted by atomic mass is 35.5. The van der Waals surface area contributed by atoms with Crippen molar-refractivity contribution in [2.75, 3.05) is 11.6 Å². The van der Waals surface area contributed by atoms with Crippen LogP contribution in [-0.4, -0.2) is 31.9 Å². The third-order valence-electron chi connectivity index (χ3n) is 4.34. The van der Waals surface area contributed by atoms with E-state index in [2.05, 4.69) is 20.4 Å². The number of hydrogen-bond acceptors (Lipinski definition) is 5. The molecule has 146 valence electrons. The van der Waals surface area contributed by atoms with Gasteiger partial charge in [0, 0.05) is 28.9 Å². The van der Waals surface area contributed by atoms with Crippen molar-refractivity contribution >= 4 is 35.1 Å². The molecule has 1 N–H and O–H groups in total. The van der Waals surface area contributed by atoms with Crippen molar-refractivity contribution in [3.63, 3.8) is 0 Å². The normalized spacial score (nSPS) is 10.9. The largest absolute Gasteiger partial charge is 0.311 e. The minimum atomic E-state index is -0.0871. The van der Waals surface area contributed by atoms with E-state index in [1.807, 2.05) is 45.2 Å². The average molecular weight is 416 g/mol. The maximum atomic E-state index is 12.6. The lowest BCUT2D eigenvalue weighted by Gasteiger charge is -2.11. The summed E-state index contributed by atoms with van der Waals surface area (Å²) in [6, 6.07) is 9.19. The summed E-state index contributed by atoms with van der Waals surface area (Å²) in [6.07, 6.45) is 2.87. The molecule has 0 unspecified atom stereocenters. The van der Waals surface area contributed by atoms with Gasteiger partial charge in [-0.25, -0.2) is 14.6 Å².